The lowest BCUT2D eigenvalue weighted by atomic mass is 10.2. The molecule has 1 aromatic carbocycles. The first kappa shape index (κ1) is 22.3. The van der Waals surface area contributed by atoms with Gasteiger partial charge in [0.25, 0.3) is 0 Å². The number of aliphatic imine (C=N–C) groups is 1. The third-order valence-corrected chi connectivity index (χ3v) is 3.84. The summed E-state index contributed by atoms with van der Waals surface area (Å²) < 4.78 is 20.1. The van der Waals surface area contributed by atoms with Crippen LogP contribution in [0.1, 0.15) is 17.2 Å². The summed E-state index contributed by atoms with van der Waals surface area (Å²) in [5.41, 5.74) is 1.000. The number of methoxy groups -OCH3 is 1. The molecule has 7 nitrogen and oxygen atoms in total. The molecule has 0 aliphatic rings. The molecular weight excluding hydrogens is 450 g/mol. The van der Waals surface area contributed by atoms with Crippen molar-refractivity contribution in [3.05, 3.63) is 47.3 Å². The van der Waals surface area contributed by atoms with Crippen molar-refractivity contribution in [3.8, 4) is 0 Å². The fraction of sp³-hybridized carbons (Fsp3) is 0.471. The molecule has 0 atom stereocenters. The first-order valence-electron chi connectivity index (χ1n) is 8.09. The highest BCUT2D eigenvalue weighted by molar-refractivity contribution is 14.0. The summed E-state index contributed by atoms with van der Waals surface area (Å²) in [5, 5.41) is 11.4. The number of aryl methyl sites for hydroxylation is 1. The topological polar surface area (TPSA) is 67.6 Å². The smallest absolute Gasteiger partial charge is 0.194 e. The van der Waals surface area contributed by atoms with Gasteiger partial charge in [-0.15, -0.1) is 34.2 Å². The highest BCUT2D eigenvalue weighted by Gasteiger charge is 2.09. The number of aromatic nitrogens is 3. The van der Waals surface area contributed by atoms with Gasteiger partial charge in [-0.3, -0.25) is 0 Å². The molecule has 2 aromatic rings. The van der Waals surface area contributed by atoms with Gasteiger partial charge in [0.1, 0.15) is 18.2 Å². The van der Waals surface area contributed by atoms with E-state index in [2.05, 4.69) is 20.5 Å². The molecule has 0 aliphatic heterocycles. The van der Waals surface area contributed by atoms with Crippen LogP contribution in [0.5, 0.6) is 0 Å². The maximum absolute atomic E-state index is 13.1. The Kier molecular flexibility index (Phi) is 9.49. The van der Waals surface area contributed by atoms with Gasteiger partial charge in [0.2, 0.25) is 0 Å². The van der Waals surface area contributed by atoms with E-state index < -0.39 is 0 Å². The maximum atomic E-state index is 13.1. The fourth-order valence-electron chi connectivity index (χ4n) is 2.25. The van der Waals surface area contributed by atoms with Crippen molar-refractivity contribution >= 4 is 29.9 Å². The summed E-state index contributed by atoms with van der Waals surface area (Å²) in [6, 6.07) is 6.45. The van der Waals surface area contributed by atoms with Crippen LogP contribution in [0.4, 0.5) is 4.39 Å². The largest absolute Gasteiger partial charge is 0.383 e. The average Bonchev–Trinajstić information content (AvgIpc) is 2.92. The van der Waals surface area contributed by atoms with Gasteiger partial charge in [-0.25, -0.2) is 9.38 Å². The van der Waals surface area contributed by atoms with Gasteiger partial charge < -0.3 is 19.5 Å². The number of guanidine groups is 1. The van der Waals surface area contributed by atoms with Crippen molar-refractivity contribution in [2.24, 2.45) is 12.0 Å². The summed E-state index contributed by atoms with van der Waals surface area (Å²) in [4.78, 5) is 6.61. The molecule has 0 spiro atoms. The number of hydrogen-bond donors (Lipinski definition) is 1. The summed E-state index contributed by atoms with van der Waals surface area (Å²) in [5.74, 6) is 2.12. The number of benzene rings is 1. The first-order chi connectivity index (χ1) is 12.0. The number of nitrogens with zero attached hydrogens (tertiary/aromatic N) is 5. The molecule has 1 heterocycles. The molecule has 1 N–H and O–H groups in total. The van der Waals surface area contributed by atoms with Crippen LogP contribution in [0.15, 0.2) is 29.3 Å². The van der Waals surface area contributed by atoms with Gasteiger partial charge in [0, 0.05) is 34.3 Å². The molecule has 26 heavy (non-hydrogen) atoms. The second-order valence-corrected chi connectivity index (χ2v) is 5.76. The molecule has 0 aliphatic carbocycles. The van der Waals surface area contributed by atoms with Gasteiger partial charge in [-0.05, 0) is 24.6 Å². The minimum absolute atomic E-state index is 0. The Morgan fingerprint density at radius 3 is 2.58 bits per heavy atom. The molecular formula is C17H26FIN6O. The van der Waals surface area contributed by atoms with Gasteiger partial charge in [0.05, 0.1) is 6.61 Å². The van der Waals surface area contributed by atoms with Gasteiger partial charge in [-0.1, -0.05) is 12.1 Å². The third kappa shape index (κ3) is 6.52. The number of rotatable bonds is 7. The van der Waals surface area contributed by atoms with E-state index in [1.165, 1.54) is 12.1 Å². The van der Waals surface area contributed by atoms with Crippen LogP contribution in [0.2, 0.25) is 0 Å². The SMILES string of the molecule is COCCNC(=NCc1nnc(C)n1C)N(C)Cc1ccc(F)cc1.I. The Bertz CT molecular complexity index is 704. The summed E-state index contributed by atoms with van der Waals surface area (Å²) in [6.45, 7) is 4.14. The van der Waals surface area contributed by atoms with Crippen LogP contribution in [-0.4, -0.2) is 52.9 Å². The standard InChI is InChI=1S/C17H25FN6O.HI/c1-13-21-22-16(24(13)3)11-20-17(19-9-10-25-4)23(2)12-14-5-7-15(18)8-6-14;/h5-8H,9-12H2,1-4H3,(H,19,20);1H. The van der Waals surface area contributed by atoms with E-state index in [-0.39, 0.29) is 29.8 Å². The lowest BCUT2D eigenvalue weighted by Gasteiger charge is -2.22. The van der Waals surface area contributed by atoms with Crippen LogP contribution in [0.3, 0.4) is 0 Å². The normalized spacial score (nSPS) is 11.2. The molecule has 9 heteroatoms. The lowest BCUT2D eigenvalue weighted by Crippen LogP contribution is -2.40. The van der Waals surface area contributed by atoms with E-state index in [1.54, 1.807) is 19.2 Å². The molecule has 0 radical (unpaired) electrons. The predicted molar refractivity (Wildman–Crippen MR) is 110 cm³/mol. The first-order valence-corrected chi connectivity index (χ1v) is 8.09. The van der Waals surface area contributed by atoms with Crippen molar-refractivity contribution in [1.29, 1.82) is 0 Å². The number of hydrogen-bond acceptors (Lipinski definition) is 4. The van der Waals surface area contributed by atoms with Crippen molar-refractivity contribution in [3.63, 3.8) is 0 Å². The Hall–Kier alpha value is -1.75. The zero-order valence-corrected chi connectivity index (χ0v) is 17.9. The highest BCUT2D eigenvalue weighted by atomic mass is 127. The summed E-state index contributed by atoms with van der Waals surface area (Å²) >= 11 is 0. The summed E-state index contributed by atoms with van der Waals surface area (Å²) in [7, 11) is 5.51. The van der Waals surface area contributed by atoms with Crippen LogP contribution in [-0.2, 0) is 24.9 Å². The van der Waals surface area contributed by atoms with E-state index in [9.17, 15) is 4.39 Å². The van der Waals surface area contributed by atoms with Crippen molar-refractivity contribution in [2.45, 2.75) is 20.0 Å². The Morgan fingerprint density at radius 1 is 1.31 bits per heavy atom. The van der Waals surface area contributed by atoms with E-state index in [4.69, 9.17) is 4.74 Å². The molecule has 0 saturated carbocycles. The van der Waals surface area contributed by atoms with E-state index >= 15 is 0 Å². The van der Waals surface area contributed by atoms with E-state index in [0.29, 0.717) is 26.2 Å². The van der Waals surface area contributed by atoms with Gasteiger partial charge in [-0.2, -0.15) is 0 Å². The molecule has 0 unspecified atom stereocenters. The number of halogens is 2. The van der Waals surface area contributed by atoms with Crippen LogP contribution >= 0.6 is 24.0 Å². The molecule has 1 aromatic heterocycles. The number of ether oxygens (including phenoxy) is 1. The lowest BCUT2D eigenvalue weighted by molar-refractivity contribution is 0.203. The molecule has 0 saturated heterocycles. The van der Waals surface area contributed by atoms with Crippen molar-refractivity contribution in [2.75, 3.05) is 27.3 Å². The average molecular weight is 476 g/mol. The van der Waals surface area contributed by atoms with E-state index in [1.807, 2.05) is 30.5 Å². The summed E-state index contributed by atoms with van der Waals surface area (Å²) in [6.07, 6.45) is 0. The molecule has 144 valence electrons. The Balaban J connectivity index is 0.00000338. The van der Waals surface area contributed by atoms with Crippen molar-refractivity contribution < 1.29 is 9.13 Å². The van der Waals surface area contributed by atoms with Crippen LogP contribution in [0, 0.1) is 12.7 Å². The van der Waals surface area contributed by atoms with Crippen molar-refractivity contribution in [1.82, 2.24) is 25.0 Å². The molecule has 0 amide bonds. The predicted octanol–water partition coefficient (Wildman–Crippen LogP) is 2.10. The number of nitrogens with one attached hydrogen (secondary N) is 1. The quantitative estimate of drug-likeness (QED) is 0.287. The zero-order valence-electron chi connectivity index (χ0n) is 15.6. The second kappa shape index (κ2) is 11.1. The Morgan fingerprint density at radius 2 is 2.00 bits per heavy atom. The van der Waals surface area contributed by atoms with E-state index in [0.717, 1.165) is 23.2 Å². The molecule has 0 fully saturated rings. The van der Waals surface area contributed by atoms with Gasteiger partial charge >= 0.3 is 0 Å². The minimum atomic E-state index is -0.240. The van der Waals surface area contributed by atoms with Crippen LogP contribution in [0.25, 0.3) is 0 Å². The fourth-order valence-corrected chi connectivity index (χ4v) is 2.25. The molecule has 2 rings (SSSR count). The third-order valence-electron chi connectivity index (χ3n) is 3.84. The highest BCUT2D eigenvalue weighted by Crippen LogP contribution is 2.06. The van der Waals surface area contributed by atoms with Crippen LogP contribution < -0.4 is 5.32 Å². The molecule has 0 bridgehead atoms. The van der Waals surface area contributed by atoms with Gasteiger partial charge in [0.15, 0.2) is 11.8 Å². The second-order valence-electron chi connectivity index (χ2n) is 5.76. The monoisotopic (exact) mass is 476 g/mol. The zero-order chi connectivity index (χ0) is 18.2. The Labute approximate surface area is 170 Å². The maximum Gasteiger partial charge on any atom is 0.194 e. The minimum Gasteiger partial charge on any atom is -0.383 e.